The summed E-state index contributed by atoms with van der Waals surface area (Å²) in [7, 11) is -4.53. The first-order valence-electron chi connectivity index (χ1n) is 6.88. The Morgan fingerprint density at radius 3 is 1.95 bits per heavy atom. The fraction of sp³-hybridized carbons (Fsp3) is 0.769. The van der Waals surface area contributed by atoms with Crippen LogP contribution < -0.4 is 5.32 Å². The van der Waals surface area contributed by atoms with E-state index in [-0.39, 0.29) is 11.5 Å². The minimum absolute atomic E-state index is 0.106. The van der Waals surface area contributed by atoms with Crippen molar-refractivity contribution in [2.75, 3.05) is 6.26 Å². The second kappa shape index (κ2) is 5.74. The average molecular weight is 316 g/mol. The van der Waals surface area contributed by atoms with E-state index in [1.165, 1.54) is 6.20 Å². The van der Waals surface area contributed by atoms with Crippen LogP contribution in [0.15, 0.2) is 11.7 Å². The van der Waals surface area contributed by atoms with Crippen molar-refractivity contribution in [3.05, 3.63) is 11.7 Å². The zero-order valence-electron chi connectivity index (χ0n) is 13.8. The highest BCUT2D eigenvalue weighted by molar-refractivity contribution is 8.06. The number of sulfone groups is 1. The summed E-state index contributed by atoms with van der Waals surface area (Å²) < 4.78 is 35.1. The van der Waals surface area contributed by atoms with E-state index in [9.17, 15) is 8.42 Å². The summed E-state index contributed by atoms with van der Waals surface area (Å²) in [6.07, 6.45) is 2.50. The Hall–Kier alpha value is -0.855. The quantitative estimate of drug-likeness (QED) is 0.466. The fourth-order valence-corrected chi connectivity index (χ4v) is 2.26. The molecular formula is C13H25BN2O4S. The molecule has 0 atom stereocenters. The van der Waals surface area contributed by atoms with Crippen molar-refractivity contribution in [1.82, 2.24) is 5.32 Å². The predicted molar refractivity (Wildman–Crippen MR) is 85.0 cm³/mol. The maximum atomic E-state index is 11.7. The van der Waals surface area contributed by atoms with Crippen LogP contribution in [-0.2, 0) is 19.1 Å². The Bertz CT molecular complexity index is 537. The number of hydrogen-bond donors (Lipinski definition) is 2. The highest BCUT2D eigenvalue weighted by Crippen LogP contribution is 2.38. The summed E-state index contributed by atoms with van der Waals surface area (Å²) in [4.78, 5) is 0. The minimum Gasteiger partial charge on any atom is -0.399 e. The van der Waals surface area contributed by atoms with Crippen LogP contribution in [0.25, 0.3) is 0 Å². The van der Waals surface area contributed by atoms with Crippen LogP contribution in [0, 0.1) is 5.41 Å². The van der Waals surface area contributed by atoms with Crippen molar-refractivity contribution in [3.8, 4) is 0 Å². The molecule has 0 radical (unpaired) electrons. The van der Waals surface area contributed by atoms with Crippen LogP contribution in [0.5, 0.6) is 0 Å². The fourth-order valence-electron chi connectivity index (χ4n) is 1.68. The van der Waals surface area contributed by atoms with Crippen molar-refractivity contribution in [3.63, 3.8) is 0 Å². The molecule has 1 fully saturated rings. The summed E-state index contributed by atoms with van der Waals surface area (Å²) in [5.41, 5.74) is -0.997. The maximum absolute atomic E-state index is 11.7. The van der Waals surface area contributed by atoms with Crippen molar-refractivity contribution in [1.29, 1.82) is 5.41 Å². The molecule has 0 saturated carbocycles. The van der Waals surface area contributed by atoms with E-state index in [1.54, 1.807) is 0 Å². The molecule has 1 aliphatic heterocycles. The number of nitrogens with one attached hydrogen (secondary N) is 2. The molecule has 0 unspecified atom stereocenters. The summed E-state index contributed by atoms with van der Waals surface area (Å²) in [5.74, 6) is 0. The molecule has 0 bridgehead atoms. The zero-order valence-corrected chi connectivity index (χ0v) is 14.6. The molecule has 0 aromatic carbocycles. The van der Waals surface area contributed by atoms with E-state index in [0.29, 0.717) is 0 Å². The Kier molecular flexibility index (Phi) is 4.97. The topological polar surface area (TPSA) is 88.5 Å². The van der Waals surface area contributed by atoms with E-state index in [1.807, 2.05) is 41.5 Å². The second-order valence-corrected chi connectivity index (χ2v) is 8.56. The number of hydrogen-bond acceptors (Lipinski definition) is 6. The van der Waals surface area contributed by atoms with Crippen LogP contribution >= 0.6 is 0 Å². The Morgan fingerprint density at radius 2 is 1.62 bits per heavy atom. The molecule has 120 valence electrons. The summed E-state index contributed by atoms with van der Waals surface area (Å²) in [6, 6.07) is 0.106. The highest BCUT2D eigenvalue weighted by atomic mass is 32.2. The van der Waals surface area contributed by atoms with E-state index in [2.05, 4.69) is 5.32 Å². The first kappa shape index (κ1) is 18.2. The SMILES string of the molecule is CC(C)N/C=C(/B1OC(C)(C)C(C)(C)O1)C(=N)S(C)(=O)=O. The molecule has 21 heavy (non-hydrogen) atoms. The molecule has 1 rings (SSSR count). The average Bonchev–Trinajstić information content (AvgIpc) is 2.46. The third-order valence-corrected chi connectivity index (χ3v) is 4.69. The lowest BCUT2D eigenvalue weighted by atomic mass is 9.79. The van der Waals surface area contributed by atoms with Gasteiger partial charge in [0.1, 0.15) is 5.04 Å². The predicted octanol–water partition coefficient (Wildman–Crippen LogP) is 1.52. The van der Waals surface area contributed by atoms with Crippen molar-refractivity contribution < 1.29 is 17.7 Å². The van der Waals surface area contributed by atoms with Crippen LogP contribution in [0.3, 0.4) is 0 Å². The molecule has 0 amide bonds. The van der Waals surface area contributed by atoms with Gasteiger partial charge in [-0.25, -0.2) is 8.42 Å². The molecule has 0 aromatic heterocycles. The molecule has 0 aliphatic carbocycles. The second-order valence-electron chi connectivity index (χ2n) is 6.61. The van der Waals surface area contributed by atoms with Gasteiger partial charge in [-0.1, -0.05) is 0 Å². The molecule has 1 heterocycles. The summed E-state index contributed by atoms with van der Waals surface area (Å²) in [5, 5.41) is 10.4. The van der Waals surface area contributed by atoms with Crippen molar-refractivity contribution in [2.24, 2.45) is 0 Å². The van der Waals surface area contributed by atoms with Crippen molar-refractivity contribution in [2.45, 2.75) is 58.8 Å². The molecule has 2 N–H and O–H groups in total. The molecule has 6 nitrogen and oxygen atoms in total. The zero-order chi connectivity index (χ0) is 16.6. The minimum atomic E-state index is -3.65. The molecule has 0 spiro atoms. The Morgan fingerprint density at radius 1 is 1.19 bits per heavy atom. The van der Waals surface area contributed by atoms with E-state index >= 15 is 0 Å². The van der Waals surface area contributed by atoms with Gasteiger partial charge in [-0.15, -0.1) is 0 Å². The Labute approximate surface area is 127 Å². The van der Waals surface area contributed by atoms with Crippen LogP contribution in [0.2, 0.25) is 0 Å². The van der Waals surface area contributed by atoms with Crippen molar-refractivity contribution >= 4 is 22.0 Å². The lowest BCUT2D eigenvalue weighted by Crippen LogP contribution is -2.41. The van der Waals surface area contributed by atoms with Crippen LogP contribution in [-0.4, -0.2) is 44.1 Å². The Balaban J connectivity index is 3.17. The van der Waals surface area contributed by atoms with E-state index in [4.69, 9.17) is 14.7 Å². The molecule has 0 aromatic rings. The summed E-state index contributed by atoms with van der Waals surface area (Å²) in [6.45, 7) is 11.4. The first-order chi connectivity index (χ1) is 9.28. The van der Waals surface area contributed by atoms with Gasteiger partial charge in [-0.05, 0) is 47.7 Å². The lowest BCUT2D eigenvalue weighted by molar-refractivity contribution is 0.00578. The van der Waals surface area contributed by atoms with Gasteiger partial charge in [0.2, 0.25) is 0 Å². The number of rotatable bonds is 4. The first-order valence-corrected chi connectivity index (χ1v) is 8.78. The molecular weight excluding hydrogens is 291 g/mol. The monoisotopic (exact) mass is 316 g/mol. The lowest BCUT2D eigenvalue weighted by Gasteiger charge is -2.32. The van der Waals surface area contributed by atoms with Gasteiger partial charge in [0, 0.05) is 17.8 Å². The maximum Gasteiger partial charge on any atom is 0.499 e. The third kappa shape index (κ3) is 4.08. The summed E-state index contributed by atoms with van der Waals surface area (Å²) >= 11 is 0. The van der Waals surface area contributed by atoms with E-state index in [0.717, 1.165) is 6.26 Å². The molecule has 1 saturated heterocycles. The third-order valence-electron chi connectivity index (χ3n) is 3.71. The van der Waals surface area contributed by atoms with Gasteiger partial charge in [-0.3, -0.25) is 5.41 Å². The molecule has 1 aliphatic rings. The van der Waals surface area contributed by atoms with Gasteiger partial charge in [0.05, 0.1) is 11.2 Å². The van der Waals surface area contributed by atoms with Gasteiger partial charge in [0.25, 0.3) is 0 Å². The van der Waals surface area contributed by atoms with Crippen LogP contribution in [0.1, 0.15) is 41.5 Å². The largest absolute Gasteiger partial charge is 0.499 e. The van der Waals surface area contributed by atoms with E-state index < -0.39 is 33.2 Å². The van der Waals surface area contributed by atoms with Gasteiger partial charge < -0.3 is 14.6 Å². The standard InChI is InChI=1S/C13H25BN2O4S/c1-9(2)16-8-10(11(15)21(7,17)18)14-19-12(3,4)13(5,6)20-14/h8-9,15-16H,1-7H3/b10-8+,15-11?. The van der Waals surface area contributed by atoms with Crippen LogP contribution in [0.4, 0.5) is 0 Å². The smallest absolute Gasteiger partial charge is 0.399 e. The highest BCUT2D eigenvalue weighted by Gasteiger charge is 2.53. The molecule has 8 heteroatoms. The van der Waals surface area contributed by atoms with Gasteiger partial charge >= 0.3 is 7.12 Å². The van der Waals surface area contributed by atoms with Gasteiger partial charge in [0.15, 0.2) is 9.84 Å². The normalized spacial score (nSPS) is 21.7. The van der Waals surface area contributed by atoms with Gasteiger partial charge in [-0.2, -0.15) is 0 Å².